The minimum absolute atomic E-state index is 0. The van der Waals surface area contributed by atoms with Gasteiger partial charge in [-0.3, -0.25) is 0 Å². The van der Waals surface area contributed by atoms with Gasteiger partial charge in [0.1, 0.15) is 0 Å². The first-order valence-electron chi connectivity index (χ1n) is 9.85. The van der Waals surface area contributed by atoms with Crippen LogP contribution in [0.2, 0.25) is 0 Å². The number of guanidine groups is 1. The molecular formula is C20H35IN4O2. The van der Waals surface area contributed by atoms with Crippen molar-refractivity contribution in [3.05, 3.63) is 23.9 Å². The summed E-state index contributed by atoms with van der Waals surface area (Å²) in [5.74, 6) is 1.43. The second-order valence-electron chi connectivity index (χ2n) is 7.32. The number of halogens is 1. The summed E-state index contributed by atoms with van der Waals surface area (Å²) in [6.07, 6.45) is 6.78. The first-order valence-corrected chi connectivity index (χ1v) is 9.85. The van der Waals surface area contributed by atoms with E-state index in [0.29, 0.717) is 19.0 Å². The zero-order chi connectivity index (χ0) is 18.8. The van der Waals surface area contributed by atoms with Crippen molar-refractivity contribution < 1.29 is 9.84 Å². The monoisotopic (exact) mass is 490 g/mol. The molecule has 1 fully saturated rings. The maximum atomic E-state index is 10.3. The van der Waals surface area contributed by atoms with Crippen molar-refractivity contribution >= 4 is 29.9 Å². The minimum atomic E-state index is -0.244. The molecule has 27 heavy (non-hydrogen) atoms. The van der Waals surface area contributed by atoms with E-state index >= 15 is 0 Å². The summed E-state index contributed by atoms with van der Waals surface area (Å²) in [5, 5.41) is 17.0. The number of aliphatic imine (C=N–C) groups is 1. The average molecular weight is 490 g/mol. The van der Waals surface area contributed by atoms with Crippen LogP contribution < -0.4 is 15.4 Å². The fourth-order valence-corrected chi connectivity index (χ4v) is 3.18. The molecule has 0 saturated heterocycles. The fourth-order valence-electron chi connectivity index (χ4n) is 3.18. The minimum Gasteiger partial charge on any atom is -0.478 e. The van der Waals surface area contributed by atoms with Crippen LogP contribution in [0.15, 0.2) is 23.3 Å². The van der Waals surface area contributed by atoms with Gasteiger partial charge in [0.05, 0.1) is 19.3 Å². The number of aliphatic hydroxyl groups is 1. The molecule has 0 spiro atoms. The van der Waals surface area contributed by atoms with E-state index in [2.05, 4.69) is 41.4 Å². The van der Waals surface area contributed by atoms with Crippen molar-refractivity contribution in [2.24, 2.45) is 10.4 Å². The highest BCUT2D eigenvalue weighted by atomic mass is 127. The Morgan fingerprint density at radius 3 is 2.78 bits per heavy atom. The summed E-state index contributed by atoms with van der Waals surface area (Å²) in [5.41, 5.74) is 0.948. The van der Waals surface area contributed by atoms with Gasteiger partial charge in [-0.15, -0.1) is 24.0 Å². The molecule has 1 aromatic rings. The van der Waals surface area contributed by atoms with Crippen LogP contribution in [0.4, 0.5) is 0 Å². The topological polar surface area (TPSA) is 78.8 Å². The number of pyridine rings is 1. The van der Waals surface area contributed by atoms with Crippen molar-refractivity contribution in [1.29, 1.82) is 0 Å². The Morgan fingerprint density at radius 1 is 1.33 bits per heavy atom. The van der Waals surface area contributed by atoms with E-state index in [1.54, 1.807) is 0 Å². The summed E-state index contributed by atoms with van der Waals surface area (Å²) in [6, 6.07) is 3.89. The summed E-state index contributed by atoms with van der Waals surface area (Å²) in [4.78, 5) is 8.96. The molecule has 0 bridgehead atoms. The van der Waals surface area contributed by atoms with E-state index in [0.717, 1.165) is 50.3 Å². The molecule has 7 heteroatoms. The first kappa shape index (κ1) is 23.9. The Balaban J connectivity index is 0.00000364. The van der Waals surface area contributed by atoms with Crippen LogP contribution in [0.1, 0.15) is 58.4 Å². The Hall–Kier alpha value is -1.09. The number of hydrogen-bond acceptors (Lipinski definition) is 4. The second kappa shape index (κ2) is 12.4. The van der Waals surface area contributed by atoms with Crippen molar-refractivity contribution in [2.75, 3.05) is 19.7 Å². The zero-order valence-electron chi connectivity index (χ0n) is 16.8. The number of ether oxygens (including phenoxy) is 1. The van der Waals surface area contributed by atoms with Crippen molar-refractivity contribution in [2.45, 2.75) is 65.5 Å². The SMILES string of the molecule is CCCOc1ccc(CN=C(NCC)NCC2(C)CCCCC2O)cn1.I. The highest BCUT2D eigenvalue weighted by molar-refractivity contribution is 14.0. The number of nitrogens with zero attached hydrogens (tertiary/aromatic N) is 2. The number of aliphatic hydroxyl groups excluding tert-OH is 1. The highest BCUT2D eigenvalue weighted by Crippen LogP contribution is 2.35. The molecule has 1 aromatic heterocycles. The van der Waals surface area contributed by atoms with Crippen LogP contribution >= 0.6 is 24.0 Å². The standard InChI is InChI=1S/C20H34N4O2.HI/c1-4-12-26-18-10-9-16(13-22-18)14-23-19(21-5-2)24-15-20(3)11-7-6-8-17(20)25;/h9-10,13,17,25H,4-8,11-12,14-15H2,1-3H3,(H2,21,23,24);1H. The Bertz CT molecular complexity index is 568. The quantitative estimate of drug-likeness (QED) is 0.296. The lowest BCUT2D eigenvalue weighted by atomic mass is 9.73. The van der Waals surface area contributed by atoms with Gasteiger partial charge in [-0.25, -0.2) is 9.98 Å². The number of rotatable bonds is 8. The lowest BCUT2D eigenvalue weighted by molar-refractivity contribution is 0.00397. The Labute approximate surface area is 180 Å². The van der Waals surface area contributed by atoms with Gasteiger partial charge in [-0.1, -0.05) is 32.8 Å². The van der Waals surface area contributed by atoms with E-state index in [-0.39, 0.29) is 35.5 Å². The molecule has 154 valence electrons. The molecule has 0 amide bonds. The molecule has 1 heterocycles. The van der Waals surface area contributed by atoms with Gasteiger partial charge in [0, 0.05) is 30.8 Å². The van der Waals surface area contributed by atoms with Crippen LogP contribution in [-0.2, 0) is 6.54 Å². The zero-order valence-corrected chi connectivity index (χ0v) is 19.2. The Morgan fingerprint density at radius 2 is 2.15 bits per heavy atom. The molecule has 1 aliphatic rings. The number of aromatic nitrogens is 1. The number of nitrogens with one attached hydrogen (secondary N) is 2. The van der Waals surface area contributed by atoms with Gasteiger partial charge in [-0.05, 0) is 31.7 Å². The van der Waals surface area contributed by atoms with Crippen LogP contribution in [0, 0.1) is 5.41 Å². The van der Waals surface area contributed by atoms with Gasteiger partial charge in [0.2, 0.25) is 5.88 Å². The van der Waals surface area contributed by atoms with Gasteiger partial charge in [0.15, 0.2) is 5.96 Å². The third-order valence-corrected chi connectivity index (χ3v) is 4.96. The van der Waals surface area contributed by atoms with Gasteiger partial charge >= 0.3 is 0 Å². The summed E-state index contributed by atoms with van der Waals surface area (Å²) in [6.45, 7) is 9.04. The van der Waals surface area contributed by atoms with Crippen molar-refractivity contribution in [3.63, 3.8) is 0 Å². The predicted molar refractivity (Wildman–Crippen MR) is 121 cm³/mol. The third kappa shape index (κ3) is 7.81. The van der Waals surface area contributed by atoms with Gasteiger partial charge < -0.3 is 20.5 Å². The molecule has 0 radical (unpaired) electrons. The van der Waals surface area contributed by atoms with Crippen molar-refractivity contribution in [3.8, 4) is 5.88 Å². The first-order chi connectivity index (χ1) is 12.6. The molecule has 2 atom stereocenters. The number of hydrogen-bond donors (Lipinski definition) is 3. The van der Waals surface area contributed by atoms with Gasteiger partial charge in [-0.2, -0.15) is 0 Å². The van der Waals surface area contributed by atoms with E-state index in [4.69, 9.17) is 4.74 Å². The largest absolute Gasteiger partial charge is 0.478 e. The maximum Gasteiger partial charge on any atom is 0.213 e. The molecule has 1 aliphatic carbocycles. The molecule has 0 aromatic carbocycles. The maximum absolute atomic E-state index is 10.3. The summed E-state index contributed by atoms with van der Waals surface area (Å²) >= 11 is 0. The molecule has 1 saturated carbocycles. The highest BCUT2D eigenvalue weighted by Gasteiger charge is 2.35. The smallest absolute Gasteiger partial charge is 0.213 e. The summed E-state index contributed by atoms with van der Waals surface area (Å²) < 4.78 is 5.51. The van der Waals surface area contributed by atoms with Crippen molar-refractivity contribution in [1.82, 2.24) is 15.6 Å². The predicted octanol–water partition coefficient (Wildman–Crippen LogP) is 3.48. The molecule has 0 aliphatic heterocycles. The lowest BCUT2D eigenvalue weighted by Gasteiger charge is -2.38. The fraction of sp³-hybridized carbons (Fsp3) is 0.700. The third-order valence-electron chi connectivity index (χ3n) is 4.96. The molecule has 6 nitrogen and oxygen atoms in total. The molecule has 2 rings (SSSR count). The van der Waals surface area contributed by atoms with Crippen LogP contribution in [0.25, 0.3) is 0 Å². The lowest BCUT2D eigenvalue weighted by Crippen LogP contribution is -2.48. The second-order valence-corrected chi connectivity index (χ2v) is 7.32. The normalized spacial score (nSPS) is 22.7. The molecular weight excluding hydrogens is 455 g/mol. The Kier molecular flexibility index (Phi) is 11.0. The van der Waals surface area contributed by atoms with E-state index in [1.807, 2.05) is 18.3 Å². The van der Waals surface area contributed by atoms with Crippen LogP contribution in [-0.4, -0.2) is 41.9 Å². The van der Waals surface area contributed by atoms with Gasteiger partial charge in [0.25, 0.3) is 0 Å². The van der Waals surface area contributed by atoms with Crippen LogP contribution in [0.3, 0.4) is 0 Å². The van der Waals surface area contributed by atoms with E-state index in [9.17, 15) is 5.11 Å². The molecule has 3 N–H and O–H groups in total. The average Bonchev–Trinajstić information content (AvgIpc) is 2.66. The summed E-state index contributed by atoms with van der Waals surface area (Å²) in [7, 11) is 0. The van der Waals surface area contributed by atoms with Crippen LogP contribution in [0.5, 0.6) is 5.88 Å². The van der Waals surface area contributed by atoms with E-state index < -0.39 is 0 Å². The van der Waals surface area contributed by atoms with E-state index in [1.165, 1.54) is 6.42 Å². The molecule has 2 unspecified atom stereocenters.